The fourth-order valence-electron chi connectivity index (χ4n) is 3.11. The highest BCUT2D eigenvalue weighted by atomic mass is 79.9. The van der Waals surface area contributed by atoms with Crippen LogP contribution in [0.1, 0.15) is 53.0 Å². The van der Waals surface area contributed by atoms with E-state index in [2.05, 4.69) is 52.3 Å². The van der Waals surface area contributed by atoms with Crippen LogP contribution in [0.2, 0.25) is 0 Å². The molecule has 0 heterocycles. The molecule has 8 heteroatoms. The van der Waals surface area contributed by atoms with E-state index in [1.807, 2.05) is 39.1 Å². The number of hydrogen-bond acceptors (Lipinski definition) is 6. The van der Waals surface area contributed by atoms with E-state index in [4.69, 9.17) is 14.5 Å². The van der Waals surface area contributed by atoms with E-state index in [0.29, 0.717) is 54.1 Å². The molecule has 34 heavy (non-hydrogen) atoms. The third-order valence-electron chi connectivity index (χ3n) is 4.86. The van der Waals surface area contributed by atoms with Gasteiger partial charge in [-0.2, -0.15) is 0 Å². The smallest absolute Gasteiger partial charge is 0.165 e. The van der Waals surface area contributed by atoms with Crippen LogP contribution in [0.15, 0.2) is 49.6 Å². The first kappa shape index (κ1) is 29.6. The normalized spacial score (nSPS) is 13.4. The van der Waals surface area contributed by atoms with Crippen molar-refractivity contribution in [2.75, 3.05) is 27.8 Å². The Bertz CT molecular complexity index is 944. The Kier molecular flexibility index (Phi) is 13.4. The summed E-state index contributed by atoms with van der Waals surface area (Å²) in [4.78, 5) is 21.4. The van der Waals surface area contributed by atoms with Gasteiger partial charge in [-0.3, -0.25) is 9.79 Å². The second kappa shape index (κ2) is 15.5. The number of benzene rings is 1. The van der Waals surface area contributed by atoms with Crippen LogP contribution in [-0.4, -0.2) is 45.6 Å². The van der Waals surface area contributed by atoms with Gasteiger partial charge in [0.05, 0.1) is 23.8 Å². The average Bonchev–Trinajstić information content (AvgIpc) is 2.79. The van der Waals surface area contributed by atoms with Crippen molar-refractivity contribution in [2.45, 2.75) is 54.1 Å². The predicted octanol–water partition coefficient (Wildman–Crippen LogP) is 5.72. The summed E-state index contributed by atoms with van der Waals surface area (Å²) in [7, 11) is 5.13. The molecule has 0 aliphatic rings. The molecule has 0 unspecified atom stereocenters. The molecule has 0 atom stereocenters. The highest BCUT2D eigenvalue weighted by Crippen LogP contribution is 2.37. The molecular formula is C26H39BrN4O3. The Labute approximate surface area is 212 Å². The first-order chi connectivity index (χ1) is 16.2. The summed E-state index contributed by atoms with van der Waals surface area (Å²) in [6.07, 6.45) is 4.69. The van der Waals surface area contributed by atoms with Crippen molar-refractivity contribution in [3.05, 3.63) is 45.2 Å². The summed E-state index contributed by atoms with van der Waals surface area (Å²) >= 11 is 3.60. The van der Waals surface area contributed by atoms with E-state index < -0.39 is 0 Å². The Hall–Kier alpha value is -2.45. The molecule has 1 rings (SSSR count). The van der Waals surface area contributed by atoms with Crippen LogP contribution >= 0.6 is 15.9 Å². The third-order valence-corrected chi connectivity index (χ3v) is 5.45. The van der Waals surface area contributed by atoms with E-state index in [9.17, 15) is 4.79 Å². The molecule has 0 aliphatic heterocycles. The Balaban J connectivity index is 3.59. The zero-order chi connectivity index (χ0) is 25.7. The van der Waals surface area contributed by atoms with Crippen LogP contribution in [0.25, 0.3) is 0 Å². The van der Waals surface area contributed by atoms with Crippen molar-refractivity contribution < 1.29 is 14.3 Å². The largest absolute Gasteiger partial charge is 0.493 e. The summed E-state index contributed by atoms with van der Waals surface area (Å²) in [5.74, 6) is 1.65. The number of methoxy groups -OCH3 is 1. The third kappa shape index (κ3) is 9.43. The van der Waals surface area contributed by atoms with Gasteiger partial charge in [-0.1, -0.05) is 27.7 Å². The lowest BCUT2D eigenvalue weighted by atomic mass is 10.1. The number of Topliss-reactive ketones (excluding diaryl/α,β-unsaturated/α-hetero) is 1. The van der Waals surface area contributed by atoms with Crippen LogP contribution in [0.4, 0.5) is 5.69 Å². The molecule has 188 valence electrons. The molecule has 1 aromatic rings. The SMILES string of the molecule is CCC(=O)/C(C=NC)=C(/C)NC(/C=C(\CC)NC)=Nc1cc(COCC(C)C)cc(Br)c1OC. The van der Waals surface area contributed by atoms with Crippen molar-refractivity contribution in [3.8, 4) is 5.75 Å². The van der Waals surface area contributed by atoms with Crippen molar-refractivity contribution in [1.29, 1.82) is 0 Å². The Morgan fingerprint density at radius 2 is 1.94 bits per heavy atom. The highest BCUT2D eigenvalue weighted by Gasteiger charge is 2.14. The van der Waals surface area contributed by atoms with E-state index in [-0.39, 0.29) is 5.78 Å². The number of nitrogens with one attached hydrogen (secondary N) is 2. The van der Waals surface area contributed by atoms with Gasteiger partial charge in [-0.05, 0) is 59.0 Å². The number of halogens is 1. The monoisotopic (exact) mass is 534 g/mol. The van der Waals surface area contributed by atoms with Crippen molar-refractivity contribution >= 4 is 39.5 Å². The van der Waals surface area contributed by atoms with E-state index in [1.165, 1.54) is 0 Å². The zero-order valence-corrected chi connectivity index (χ0v) is 23.3. The van der Waals surface area contributed by atoms with Gasteiger partial charge in [0.1, 0.15) is 11.5 Å². The summed E-state index contributed by atoms with van der Waals surface area (Å²) < 4.78 is 12.2. The molecule has 0 fully saturated rings. The number of nitrogens with zero attached hydrogens (tertiary/aromatic N) is 2. The molecular weight excluding hydrogens is 496 g/mol. The number of ether oxygens (including phenoxy) is 2. The van der Waals surface area contributed by atoms with Gasteiger partial charge < -0.3 is 20.1 Å². The van der Waals surface area contributed by atoms with E-state index in [1.54, 1.807) is 20.4 Å². The molecule has 0 aromatic heterocycles. The maximum atomic E-state index is 12.5. The molecule has 0 saturated carbocycles. The topological polar surface area (TPSA) is 84.3 Å². The maximum absolute atomic E-state index is 12.5. The molecule has 0 radical (unpaired) electrons. The first-order valence-electron chi connectivity index (χ1n) is 11.5. The van der Waals surface area contributed by atoms with E-state index >= 15 is 0 Å². The van der Waals surface area contributed by atoms with Crippen molar-refractivity contribution in [1.82, 2.24) is 10.6 Å². The Morgan fingerprint density at radius 3 is 2.47 bits per heavy atom. The number of hydrogen-bond donors (Lipinski definition) is 2. The van der Waals surface area contributed by atoms with Crippen molar-refractivity contribution in [3.63, 3.8) is 0 Å². The zero-order valence-electron chi connectivity index (χ0n) is 21.7. The Morgan fingerprint density at radius 1 is 1.24 bits per heavy atom. The number of amidine groups is 1. The van der Waals surface area contributed by atoms with Crippen LogP contribution < -0.4 is 15.4 Å². The molecule has 0 saturated heterocycles. The number of carbonyl (C=O) groups excluding carboxylic acids is 1. The fraction of sp³-hybridized carbons (Fsp3) is 0.500. The average molecular weight is 536 g/mol. The van der Waals surface area contributed by atoms with Crippen LogP contribution in [0.3, 0.4) is 0 Å². The second-order valence-corrected chi connectivity index (χ2v) is 8.99. The number of rotatable bonds is 13. The summed E-state index contributed by atoms with van der Waals surface area (Å²) in [5.41, 5.74) is 3.81. The highest BCUT2D eigenvalue weighted by molar-refractivity contribution is 9.10. The lowest BCUT2D eigenvalue weighted by Crippen LogP contribution is -2.24. The summed E-state index contributed by atoms with van der Waals surface area (Å²) in [5, 5.41) is 6.50. The van der Waals surface area contributed by atoms with Gasteiger partial charge >= 0.3 is 0 Å². The maximum Gasteiger partial charge on any atom is 0.165 e. The van der Waals surface area contributed by atoms with Gasteiger partial charge in [0.15, 0.2) is 11.5 Å². The van der Waals surface area contributed by atoms with Crippen LogP contribution in [0, 0.1) is 5.92 Å². The molecule has 0 bridgehead atoms. The fourth-order valence-corrected chi connectivity index (χ4v) is 3.77. The minimum absolute atomic E-state index is 0.00730. The van der Waals surface area contributed by atoms with Gasteiger partial charge in [-0.15, -0.1) is 0 Å². The van der Waals surface area contributed by atoms with E-state index in [0.717, 1.165) is 22.2 Å². The van der Waals surface area contributed by atoms with Gasteiger partial charge in [0, 0.05) is 44.7 Å². The molecule has 0 amide bonds. The number of ketones is 1. The standard InChI is InChI=1S/C26H39BrN4O3/c1-9-20(29-7)13-25(30-18(5)21(14-28-6)24(32)10-2)31-23-12-19(16-34-15-17(3)4)11-22(27)26(23)33-8/h11-14,17,29H,9-10,15-16H2,1-8H3,(H,30,31)/b20-13+,21-18-,28-14?. The molecule has 2 N–H and O–H groups in total. The van der Waals surface area contributed by atoms with Gasteiger partial charge in [0.2, 0.25) is 0 Å². The quantitative estimate of drug-likeness (QED) is 0.192. The van der Waals surface area contributed by atoms with Crippen LogP contribution in [-0.2, 0) is 16.1 Å². The lowest BCUT2D eigenvalue weighted by Gasteiger charge is -2.15. The molecule has 1 aromatic carbocycles. The number of aliphatic imine (C=N–C) groups is 2. The summed E-state index contributed by atoms with van der Waals surface area (Å²) in [6, 6.07) is 3.93. The lowest BCUT2D eigenvalue weighted by molar-refractivity contribution is -0.114. The molecule has 7 nitrogen and oxygen atoms in total. The molecule has 0 spiro atoms. The van der Waals surface area contributed by atoms with Crippen molar-refractivity contribution in [2.24, 2.45) is 15.9 Å². The minimum atomic E-state index is 0.00730. The summed E-state index contributed by atoms with van der Waals surface area (Å²) in [6.45, 7) is 11.1. The van der Waals surface area contributed by atoms with Gasteiger partial charge in [0.25, 0.3) is 0 Å². The molecule has 0 aliphatic carbocycles. The number of allylic oxidation sites excluding steroid dienone is 3. The predicted molar refractivity (Wildman–Crippen MR) is 145 cm³/mol. The second-order valence-electron chi connectivity index (χ2n) is 8.14. The minimum Gasteiger partial charge on any atom is -0.493 e. The van der Waals surface area contributed by atoms with Crippen LogP contribution in [0.5, 0.6) is 5.75 Å². The van der Waals surface area contributed by atoms with Gasteiger partial charge in [-0.25, -0.2) is 4.99 Å². The number of carbonyl (C=O) groups is 1. The first-order valence-corrected chi connectivity index (χ1v) is 12.3.